The van der Waals surface area contributed by atoms with Gasteiger partial charge in [-0.25, -0.2) is 4.98 Å². The molecule has 0 bridgehead atoms. The summed E-state index contributed by atoms with van der Waals surface area (Å²) in [6.07, 6.45) is 1.55. The normalized spacial score (nSPS) is 11.5. The van der Waals surface area contributed by atoms with Crippen LogP contribution < -0.4 is 0 Å². The van der Waals surface area contributed by atoms with E-state index in [9.17, 15) is 10.2 Å². The number of phenolic OH excluding ortho intramolecular Hbond substituents is 2. The standard InChI is InChI=1S/C20H12Br2N2O2S/c21-14-9-12(18(25)17(22)19(14)26)10-23-13-7-5-11(6-8-13)20-24-15-3-1-2-4-16(15)27-20/h1-10,25-26H. The van der Waals surface area contributed by atoms with E-state index < -0.39 is 0 Å². The van der Waals surface area contributed by atoms with Crippen molar-refractivity contribution in [3.63, 3.8) is 0 Å². The highest BCUT2D eigenvalue weighted by atomic mass is 79.9. The zero-order chi connectivity index (χ0) is 19.0. The van der Waals surface area contributed by atoms with Crippen LogP contribution in [0.15, 0.2) is 68.5 Å². The Morgan fingerprint density at radius 3 is 2.44 bits per heavy atom. The molecule has 0 atom stereocenters. The smallest absolute Gasteiger partial charge is 0.147 e. The summed E-state index contributed by atoms with van der Waals surface area (Å²) in [4.78, 5) is 9.06. The molecule has 134 valence electrons. The molecule has 0 aliphatic carbocycles. The van der Waals surface area contributed by atoms with Crippen LogP contribution in [0.2, 0.25) is 0 Å². The summed E-state index contributed by atoms with van der Waals surface area (Å²) in [6.45, 7) is 0. The Kier molecular flexibility index (Phi) is 4.99. The van der Waals surface area contributed by atoms with Gasteiger partial charge in [0.25, 0.3) is 0 Å². The van der Waals surface area contributed by atoms with Gasteiger partial charge < -0.3 is 10.2 Å². The van der Waals surface area contributed by atoms with Crippen molar-refractivity contribution < 1.29 is 10.2 Å². The number of rotatable bonds is 3. The molecule has 1 heterocycles. The first-order valence-electron chi connectivity index (χ1n) is 7.93. The second kappa shape index (κ2) is 7.42. The fourth-order valence-electron chi connectivity index (χ4n) is 2.55. The van der Waals surface area contributed by atoms with Crippen LogP contribution in [0.1, 0.15) is 5.56 Å². The van der Waals surface area contributed by atoms with Crippen molar-refractivity contribution in [1.29, 1.82) is 0 Å². The van der Waals surface area contributed by atoms with Gasteiger partial charge in [0.05, 0.1) is 20.4 Å². The second-order valence-corrected chi connectivity index (χ2v) is 8.43. The van der Waals surface area contributed by atoms with Gasteiger partial charge in [0, 0.05) is 17.3 Å². The van der Waals surface area contributed by atoms with E-state index in [4.69, 9.17) is 0 Å². The average Bonchev–Trinajstić information content (AvgIpc) is 3.13. The van der Waals surface area contributed by atoms with Gasteiger partial charge in [0.15, 0.2) is 0 Å². The van der Waals surface area contributed by atoms with E-state index >= 15 is 0 Å². The Labute approximate surface area is 176 Å². The van der Waals surface area contributed by atoms with Crippen LogP contribution in [0.4, 0.5) is 5.69 Å². The number of aliphatic imine (C=N–C) groups is 1. The Morgan fingerprint density at radius 2 is 1.70 bits per heavy atom. The monoisotopic (exact) mass is 502 g/mol. The molecular formula is C20H12Br2N2O2S. The van der Waals surface area contributed by atoms with Crippen molar-refractivity contribution in [3.8, 4) is 22.1 Å². The van der Waals surface area contributed by atoms with Gasteiger partial charge in [-0.05, 0) is 74.3 Å². The van der Waals surface area contributed by atoms with Gasteiger partial charge in [-0.1, -0.05) is 12.1 Å². The number of aromatic nitrogens is 1. The lowest BCUT2D eigenvalue weighted by molar-refractivity contribution is 0.442. The van der Waals surface area contributed by atoms with Crippen LogP contribution in [0.3, 0.4) is 0 Å². The molecule has 0 aliphatic heterocycles. The molecule has 0 aliphatic rings. The van der Waals surface area contributed by atoms with E-state index in [1.165, 1.54) is 0 Å². The molecule has 0 spiro atoms. The number of nitrogens with zero attached hydrogens (tertiary/aromatic N) is 2. The molecule has 0 unspecified atom stereocenters. The highest BCUT2D eigenvalue weighted by Crippen LogP contribution is 2.40. The van der Waals surface area contributed by atoms with Crippen molar-refractivity contribution in [2.75, 3.05) is 0 Å². The van der Waals surface area contributed by atoms with E-state index in [1.54, 1.807) is 23.6 Å². The van der Waals surface area contributed by atoms with Gasteiger partial charge in [-0.3, -0.25) is 4.99 Å². The highest BCUT2D eigenvalue weighted by Gasteiger charge is 2.12. The van der Waals surface area contributed by atoms with Gasteiger partial charge in [0.2, 0.25) is 0 Å². The molecule has 1 aromatic heterocycles. The third kappa shape index (κ3) is 3.63. The first kappa shape index (κ1) is 18.2. The minimum atomic E-state index is -0.0643. The predicted octanol–water partition coefficient (Wildman–Crippen LogP) is 6.65. The van der Waals surface area contributed by atoms with Crippen molar-refractivity contribution in [3.05, 3.63) is 69.1 Å². The Morgan fingerprint density at radius 1 is 0.963 bits per heavy atom. The molecule has 4 rings (SSSR count). The fourth-order valence-corrected chi connectivity index (χ4v) is 4.67. The van der Waals surface area contributed by atoms with E-state index in [0.717, 1.165) is 26.5 Å². The van der Waals surface area contributed by atoms with Crippen molar-refractivity contribution in [2.24, 2.45) is 4.99 Å². The number of fused-ring (bicyclic) bond motifs is 1. The summed E-state index contributed by atoms with van der Waals surface area (Å²) >= 11 is 8.06. The molecule has 27 heavy (non-hydrogen) atoms. The lowest BCUT2D eigenvalue weighted by Gasteiger charge is -2.06. The Balaban J connectivity index is 1.60. The van der Waals surface area contributed by atoms with Crippen LogP contribution in [-0.4, -0.2) is 21.4 Å². The lowest BCUT2D eigenvalue weighted by atomic mass is 10.2. The number of para-hydroxylation sites is 1. The van der Waals surface area contributed by atoms with Crippen LogP contribution in [0.25, 0.3) is 20.8 Å². The zero-order valence-corrected chi connectivity index (χ0v) is 17.7. The van der Waals surface area contributed by atoms with Gasteiger partial charge in [0.1, 0.15) is 21.0 Å². The summed E-state index contributed by atoms with van der Waals surface area (Å²) in [6, 6.07) is 17.4. The largest absolute Gasteiger partial charge is 0.506 e. The predicted molar refractivity (Wildman–Crippen MR) is 117 cm³/mol. The summed E-state index contributed by atoms with van der Waals surface area (Å²) in [5.41, 5.74) is 3.27. The summed E-state index contributed by atoms with van der Waals surface area (Å²) in [5, 5.41) is 20.9. The summed E-state index contributed by atoms with van der Waals surface area (Å²) in [5.74, 6) is -0.115. The van der Waals surface area contributed by atoms with E-state index in [2.05, 4.69) is 47.9 Å². The number of aromatic hydroxyl groups is 2. The van der Waals surface area contributed by atoms with Crippen LogP contribution in [-0.2, 0) is 0 Å². The third-order valence-electron chi connectivity index (χ3n) is 3.96. The van der Waals surface area contributed by atoms with Gasteiger partial charge in [-0.2, -0.15) is 0 Å². The van der Waals surface area contributed by atoms with E-state index in [0.29, 0.717) is 10.0 Å². The Bertz CT molecular complexity index is 1140. The fraction of sp³-hybridized carbons (Fsp3) is 0. The van der Waals surface area contributed by atoms with Crippen LogP contribution in [0.5, 0.6) is 11.5 Å². The number of thiazole rings is 1. The molecule has 7 heteroatoms. The maximum Gasteiger partial charge on any atom is 0.147 e. The first-order chi connectivity index (χ1) is 13.0. The molecule has 4 nitrogen and oxygen atoms in total. The zero-order valence-electron chi connectivity index (χ0n) is 13.7. The van der Waals surface area contributed by atoms with Gasteiger partial charge in [-0.15, -0.1) is 11.3 Å². The number of hydrogen-bond donors (Lipinski definition) is 2. The molecule has 0 amide bonds. The SMILES string of the molecule is Oc1c(Br)cc(C=Nc2ccc(-c3nc4ccccc4s3)cc2)c(O)c1Br. The topological polar surface area (TPSA) is 65.7 Å². The molecular weight excluding hydrogens is 492 g/mol. The molecule has 3 aromatic carbocycles. The number of benzene rings is 3. The molecule has 0 fully saturated rings. The van der Waals surface area contributed by atoms with Crippen molar-refractivity contribution in [1.82, 2.24) is 4.98 Å². The number of phenols is 2. The highest BCUT2D eigenvalue weighted by molar-refractivity contribution is 9.11. The molecule has 0 saturated heterocycles. The quantitative estimate of drug-likeness (QED) is 0.307. The summed E-state index contributed by atoms with van der Waals surface area (Å²) in [7, 11) is 0. The maximum absolute atomic E-state index is 10.1. The first-order valence-corrected chi connectivity index (χ1v) is 10.3. The van der Waals surface area contributed by atoms with E-state index in [-0.39, 0.29) is 16.0 Å². The average molecular weight is 504 g/mol. The molecule has 4 aromatic rings. The van der Waals surface area contributed by atoms with Crippen molar-refractivity contribution in [2.45, 2.75) is 0 Å². The number of hydrogen-bond acceptors (Lipinski definition) is 5. The summed E-state index contributed by atoms with van der Waals surface area (Å²) < 4.78 is 1.86. The minimum Gasteiger partial charge on any atom is -0.506 e. The van der Waals surface area contributed by atoms with E-state index in [1.807, 2.05) is 42.5 Å². The Hall–Kier alpha value is -2.22. The lowest BCUT2D eigenvalue weighted by Crippen LogP contribution is -1.85. The van der Waals surface area contributed by atoms with Gasteiger partial charge >= 0.3 is 0 Å². The number of halogens is 2. The molecule has 2 N–H and O–H groups in total. The third-order valence-corrected chi connectivity index (χ3v) is 6.40. The van der Waals surface area contributed by atoms with Crippen LogP contribution >= 0.6 is 43.2 Å². The van der Waals surface area contributed by atoms with Crippen molar-refractivity contribution >= 4 is 65.3 Å². The van der Waals surface area contributed by atoms with Crippen LogP contribution in [0, 0.1) is 0 Å². The molecule has 0 saturated carbocycles. The minimum absolute atomic E-state index is 0.0511. The maximum atomic E-state index is 10.1. The molecule has 0 radical (unpaired) electrons. The second-order valence-electron chi connectivity index (χ2n) is 5.75.